The fourth-order valence-electron chi connectivity index (χ4n) is 2.51. The van der Waals surface area contributed by atoms with Gasteiger partial charge in [-0.3, -0.25) is 4.79 Å². The summed E-state index contributed by atoms with van der Waals surface area (Å²) in [6, 6.07) is 6.86. The first-order chi connectivity index (χ1) is 11.4. The van der Waals surface area contributed by atoms with Crippen LogP contribution in [0.2, 0.25) is 0 Å². The molecule has 0 unspecified atom stereocenters. The average molecular weight is 335 g/mol. The quantitative estimate of drug-likeness (QED) is 0.853. The number of alkyl halides is 3. The van der Waals surface area contributed by atoms with Crippen LogP contribution < -0.4 is 10.5 Å². The summed E-state index contributed by atoms with van der Waals surface area (Å²) in [7, 11) is 0. The number of anilines is 1. The minimum Gasteiger partial charge on any atom is -0.369 e. The van der Waals surface area contributed by atoms with Crippen LogP contribution in [0.15, 0.2) is 35.3 Å². The van der Waals surface area contributed by atoms with Gasteiger partial charge in [0.2, 0.25) is 0 Å². The Hall–Kier alpha value is -2.89. The highest BCUT2D eigenvalue weighted by Gasteiger charge is 2.34. The van der Waals surface area contributed by atoms with Crippen LogP contribution in [-0.4, -0.2) is 27.9 Å². The van der Waals surface area contributed by atoms with Gasteiger partial charge in [0.15, 0.2) is 5.69 Å². The third-order valence-electron chi connectivity index (χ3n) is 3.77. The molecular formula is C15H12F3N5O. The molecule has 0 bridgehead atoms. The van der Waals surface area contributed by atoms with E-state index in [2.05, 4.69) is 10.1 Å². The molecule has 124 valence electrons. The van der Waals surface area contributed by atoms with Crippen molar-refractivity contribution < 1.29 is 13.2 Å². The van der Waals surface area contributed by atoms with Crippen LogP contribution in [0.4, 0.5) is 18.9 Å². The van der Waals surface area contributed by atoms with Crippen molar-refractivity contribution in [2.75, 3.05) is 18.0 Å². The molecule has 0 aliphatic carbocycles. The van der Waals surface area contributed by atoms with Gasteiger partial charge in [0.1, 0.15) is 11.8 Å². The van der Waals surface area contributed by atoms with Crippen molar-refractivity contribution in [1.82, 2.24) is 14.8 Å². The molecule has 0 spiro atoms. The standard InChI is InChI=1S/C15H12F3N5O/c16-15(17,18)13-3-4-14(24)23(21-13)9-10-7-22(8-10)12-2-1-11(5-19)20-6-12/h1-4,6,10H,7-9H2. The highest BCUT2D eigenvalue weighted by molar-refractivity contribution is 5.48. The van der Waals surface area contributed by atoms with Crippen molar-refractivity contribution in [2.45, 2.75) is 12.7 Å². The zero-order valence-corrected chi connectivity index (χ0v) is 12.4. The second-order valence-electron chi connectivity index (χ2n) is 5.52. The number of rotatable bonds is 3. The smallest absolute Gasteiger partial charge is 0.369 e. The van der Waals surface area contributed by atoms with E-state index in [1.165, 1.54) is 0 Å². The molecule has 3 heterocycles. The van der Waals surface area contributed by atoms with Gasteiger partial charge in [0, 0.05) is 25.1 Å². The van der Waals surface area contributed by atoms with Crippen LogP contribution >= 0.6 is 0 Å². The van der Waals surface area contributed by atoms with Gasteiger partial charge < -0.3 is 4.90 Å². The van der Waals surface area contributed by atoms with E-state index in [0.717, 1.165) is 16.4 Å². The lowest BCUT2D eigenvalue weighted by molar-refractivity contribution is -0.142. The minimum absolute atomic E-state index is 0.0225. The van der Waals surface area contributed by atoms with Crippen LogP contribution in [0.25, 0.3) is 0 Å². The summed E-state index contributed by atoms with van der Waals surface area (Å²) in [5.41, 5.74) is -0.485. The van der Waals surface area contributed by atoms with E-state index in [9.17, 15) is 18.0 Å². The predicted molar refractivity (Wildman–Crippen MR) is 78.2 cm³/mol. The van der Waals surface area contributed by atoms with Crippen molar-refractivity contribution in [1.29, 1.82) is 5.26 Å². The van der Waals surface area contributed by atoms with E-state index in [0.29, 0.717) is 24.8 Å². The third-order valence-corrected chi connectivity index (χ3v) is 3.77. The molecule has 9 heteroatoms. The zero-order valence-electron chi connectivity index (χ0n) is 12.4. The molecule has 2 aromatic heterocycles. The first-order valence-electron chi connectivity index (χ1n) is 7.13. The molecule has 0 atom stereocenters. The molecule has 0 radical (unpaired) electrons. The van der Waals surface area contributed by atoms with Gasteiger partial charge in [-0.25, -0.2) is 9.67 Å². The highest BCUT2D eigenvalue weighted by Crippen LogP contribution is 2.27. The summed E-state index contributed by atoms with van der Waals surface area (Å²) in [5, 5.41) is 12.1. The summed E-state index contributed by atoms with van der Waals surface area (Å²) in [4.78, 5) is 17.6. The first kappa shape index (κ1) is 16.0. The first-order valence-corrected chi connectivity index (χ1v) is 7.13. The Morgan fingerprint density at radius 1 is 1.25 bits per heavy atom. The predicted octanol–water partition coefficient (Wildman–Crippen LogP) is 1.67. The lowest BCUT2D eigenvalue weighted by atomic mass is 9.99. The molecule has 0 N–H and O–H groups in total. The number of halogens is 3. The molecule has 0 saturated carbocycles. The molecule has 0 aromatic carbocycles. The molecule has 0 amide bonds. The monoisotopic (exact) mass is 335 g/mol. The Balaban J connectivity index is 1.65. The molecule has 1 aliphatic rings. The van der Waals surface area contributed by atoms with E-state index in [1.807, 2.05) is 11.0 Å². The van der Waals surface area contributed by atoms with E-state index in [4.69, 9.17) is 5.26 Å². The largest absolute Gasteiger partial charge is 0.435 e. The second-order valence-corrected chi connectivity index (χ2v) is 5.52. The molecule has 2 aromatic rings. The Bertz CT molecular complexity index is 832. The van der Waals surface area contributed by atoms with Gasteiger partial charge in [-0.15, -0.1) is 0 Å². The topological polar surface area (TPSA) is 74.8 Å². The van der Waals surface area contributed by atoms with Crippen molar-refractivity contribution in [3.63, 3.8) is 0 Å². The second kappa shape index (κ2) is 5.96. The number of hydrogen-bond donors (Lipinski definition) is 0. The van der Waals surface area contributed by atoms with Gasteiger partial charge in [0.05, 0.1) is 18.4 Å². The molecule has 1 fully saturated rings. The average Bonchev–Trinajstić information content (AvgIpc) is 2.51. The van der Waals surface area contributed by atoms with Gasteiger partial charge in [-0.1, -0.05) is 0 Å². The number of nitriles is 1. The van der Waals surface area contributed by atoms with E-state index >= 15 is 0 Å². The number of hydrogen-bond acceptors (Lipinski definition) is 5. The maximum Gasteiger partial charge on any atom is 0.435 e. The number of aromatic nitrogens is 3. The fraction of sp³-hybridized carbons (Fsp3) is 0.333. The summed E-state index contributed by atoms with van der Waals surface area (Å²) in [5.74, 6) is 0.0225. The van der Waals surface area contributed by atoms with Crippen molar-refractivity contribution in [2.24, 2.45) is 5.92 Å². The van der Waals surface area contributed by atoms with Gasteiger partial charge in [-0.05, 0) is 18.2 Å². The maximum atomic E-state index is 12.7. The number of nitrogens with zero attached hydrogens (tertiary/aromatic N) is 5. The zero-order chi connectivity index (χ0) is 17.3. The lowest BCUT2D eigenvalue weighted by Gasteiger charge is -2.40. The third kappa shape index (κ3) is 3.22. The number of pyridine rings is 1. The summed E-state index contributed by atoms with van der Waals surface area (Å²) in [6.45, 7) is 1.29. The summed E-state index contributed by atoms with van der Waals surface area (Å²) >= 11 is 0. The summed E-state index contributed by atoms with van der Waals surface area (Å²) in [6.07, 6.45) is -3.00. The Morgan fingerprint density at radius 2 is 2.00 bits per heavy atom. The fourth-order valence-corrected chi connectivity index (χ4v) is 2.51. The normalized spacial score (nSPS) is 15.0. The lowest BCUT2D eigenvalue weighted by Crippen LogP contribution is -2.49. The molecule has 1 aliphatic heterocycles. The minimum atomic E-state index is -4.57. The van der Waals surface area contributed by atoms with Gasteiger partial charge in [0.25, 0.3) is 5.56 Å². The van der Waals surface area contributed by atoms with Gasteiger partial charge in [-0.2, -0.15) is 23.5 Å². The molecule has 24 heavy (non-hydrogen) atoms. The van der Waals surface area contributed by atoms with Crippen LogP contribution in [0.1, 0.15) is 11.4 Å². The van der Waals surface area contributed by atoms with Crippen molar-refractivity contribution in [3.05, 3.63) is 52.2 Å². The molecule has 3 rings (SSSR count). The van der Waals surface area contributed by atoms with Crippen LogP contribution in [0.3, 0.4) is 0 Å². The Morgan fingerprint density at radius 3 is 2.58 bits per heavy atom. The Kier molecular flexibility index (Phi) is 3.97. The maximum absolute atomic E-state index is 12.7. The molecule has 1 saturated heterocycles. The molecular weight excluding hydrogens is 323 g/mol. The van der Waals surface area contributed by atoms with Crippen molar-refractivity contribution in [3.8, 4) is 6.07 Å². The van der Waals surface area contributed by atoms with E-state index < -0.39 is 17.4 Å². The van der Waals surface area contributed by atoms with Crippen LogP contribution in [0, 0.1) is 17.2 Å². The van der Waals surface area contributed by atoms with E-state index in [-0.39, 0.29) is 12.5 Å². The summed E-state index contributed by atoms with van der Waals surface area (Å²) < 4.78 is 38.8. The highest BCUT2D eigenvalue weighted by atomic mass is 19.4. The van der Waals surface area contributed by atoms with Crippen molar-refractivity contribution >= 4 is 5.69 Å². The van der Waals surface area contributed by atoms with E-state index in [1.54, 1.807) is 18.3 Å². The van der Waals surface area contributed by atoms with Crippen LogP contribution in [0.5, 0.6) is 0 Å². The molecule has 6 nitrogen and oxygen atoms in total. The van der Waals surface area contributed by atoms with Gasteiger partial charge >= 0.3 is 6.18 Å². The van der Waals surface area contributed by atoms with Crippen LogP contribution in [-0.2, 0) is 12.7 Å². The SMILES string of the molecule is N#Cc1ccc(N2CC(Cn3nc(C(F)(F)F)ccc3=O)C2)cn1. The Labute approximate surface area is 134 Å².